The van der Waals surface area contributed by atoms with Crippen molar-refractivity contribution in [3.05, 3.63) is 47.0 Å². The summed E-state index contributed by atoms with van der Waals surface area (Å²) >= 11 is 0. The molecule has 0 bridgehead atoms. The minimum atomic E-state index is -4.48. The van der Waals surface area contributed by atoms with Crippen molar-refractivity contribution in [3.8, 4) is 5.69 Å². The van der Waals surface area contributed by atoms with Gasteiger partial charge in [0.1, 0.15) is 12.4 Å². The number of carbonyl (C=O) groups excluding carboxylic acids is 1. The van der Waals surface area contributed by atoms with Crippen LogP contribution in [0.2, 0.25) is 0 Å². The Morgan fingerprint density at radius 3 is 2.50 bits per heavy atom. The fourth-order valence-corrected chi connectivity index (χ4v) is 2.84. The molecule has 1 aromatic carbocycles. The van der Waals surface area contributed by atoms with Crippen LogP contribution in [0.5, 0.6) is 0 Å². The molecule has 1 heterocycles. The maximum absolute atomic E-state index is 13.1. The summed E-state index contributed by atoms with van der Waals surface area (Å²) in [5.41, 5.74) is 2.05. The number of aromatic nitrogens is 2. The maximum Gasteiger partial charge on any atom is 0.405 e. The number of nitrogens with zero attached hydrogens (tertiary/aromatic N) is 2. The van der Waals surface area contributed by atoms with Gasteiger partial charge in [0.05, 0.1) is 5.69 Å². The molecule has 24 heavy (non-hydrogen) atoms. The average Bonchev–Trinajstić information content (AvgIpc) is 2.92. The van der Waals surface area contributed by atoms with Gasteiger partial charge in [-0.25, -0.2) is 9.07 Å². The van der Waals surface area contributed by atoms with Crippen LogP contribution >= 0.6 is 0 Å². The molecule has 1 aromatic heterocycles. The second-order valence-electron chi connectivity index (χ2n) is 5.67. The fraction of sp³-hybridized carbons (Fsp3) is 0.375. The number of hydrogen-bond donors (Lipinski definition) is 1. The van der Waals surface area contributed by atoms with Crippen LogP contribution in [0.25, 0.3) is 5.69 Å². The minimum absolute atomic E-state index is 0.0123. The Morgan fingerprint density at radius 2 is 1.83 bits per heavy atom. The molecule has 0 unspecified atom stereocenters. The Balaban J connectivity index is 1.95. The van der Waals surface area contributed by atoms with Crippen LogP contribution in [-0.4, -0.2) is 28.4 Å². The summed E-state index contributed by atoms with van der Waals surface area (Å²) in [4.78, 5) is 12.1. The summed E-state index contributed by atoms with van der Waals surface area (Å²) in [5, 5.41) is 6.07. The molecule has 1 aliphatic rings. The number of amides is 1. The van der Waals surface area contributed by atoms with E-state index < -0.39 is 24.4 Å². The molecule has 1 aliphatic carbocycles. The van der Waals surface area contributed by atoms with Crippen molar-refractivity contribution in [2.45, 2.75) is 31.9 Å². The Labute approximate surface area is 135 Å². The number of benzene rings is 1. The number of fused-ring (bicyclic) bond motifs is 1. The van der Waals surface area contributed by atoms with Gasteiger partial charge in [-0.15, -0.1) is 0 Å². The van der Waals surface area contributed by atoms with Crippen molar-refractivity contribution in [1.82, 2.24) is 15.1 Å². The van der Waals surface area contributed by atoms with E-state index in [1.165, 1.54) is 28.9 Å². The third-order valence-electron chi connectivity index (χ3n) is 3.92. The lowest BCUT2D eigenvalue weighted by Gasteiger charge is -2.14. The number of halogens is 4. The predicted octanol–water partition coefficient (Wildman–Crippen LogP) is 3.18. The van der Waals surface area contributed by atoms with Crippen molar-refractivity contribution in [3.63, 3.8) is 0 Å². The normalized spacial score (nSPS) is 14.3. The first kappa shape index (κ1) is 16.5. The van der Waals surface area contributed by atoms with E-state index >= 15 is 0 Å². The molecule has 1 amide bonds. The zero-order valence-electron chi connectivity index (χ0n) is 12.7. The Hall–Kier alpha value is -2.38. The highest BCUT2D eigenvalue weighted by molar-refractivity contribution is 5.94. The molecule has 0 fully saturated rings. The van der Waals surface area contributed by atoms with E-state index in [2.05, 4.69) is 5.10 Å². The van der Waals surface area contributed by atoms with Crippen LogP contribution in [0.4, 0.5) is 17.6 Å². The number of rotatable bonds is 3. The van der Waals surface area contributed by atoms with Crippen LogP contribution in [0.3, 0.4) is 0 Å². The second kappa shape index (κ2) is 6.26. The molecular formula is C16H15F4N3O. The Morgan fingerprint density at radius 1 is 1.17 bits per heavy atom. The molecule has 0 atom stereocenters. The summed E-state index contributed by atoms with van der Waals surface area (Å²) in [6.45, 7) is -1.40. The highest BCUT2D eigenvalue weighted by atomic mass is 19.4. The first-order chi connectivity index (χ1) is 11.3. The standard InChI is InChI=1S/C16H15F4N3O/c17-10-5-7-11(8-6-10)23-13-4-2-1-3-12(13)14(22-23)15(24)21-9-16(18,19)20/h5-8H,1-4,9H2,(H,21,24). The molecule has 1 N–H and O–H groups in total. The summed E-state index contributed by atoms with van der Waals surface area (Å²) < 4.78 is 51.5. The van der Waals surface area contributed by atoms with E-state index in [4.69, 9.17) is 0 Å². The molecule has 8 heteroatoms. The van der Waals surface area contributed by atoms with Crippen LogP contribution in [0, 0.1) is 5.82 Å². The summed E-state index contributed by atoms with van der Waals surface area (Å²) in [7, 11) is 0. The van der Waals surface area contributed by atoms with Gasteiger partial charge >= 0.3 is 6.18 Å². The predicted molar refractivity (Wildman–Crippen MR) is 78.6 cm³/mol. The molecule has 0 saturated carbocycles. The van der Waals surface area contributed by atoms with Crippen molar-refractivity contribution in [2.24, 2.45) is 0 Å². The molecule has 128 valence electrons. The van der Waals surface area contributed by atoms with Gasteiger partial charge < -0.3 is 5.32 Å². The van der Waals surface area contributed by atoms with Gasteiger partial charge in [0.2, 0.25) is 0 Å². The van der Waals surface area contributed by atoms with Crippen molar-refractivity contribution in [2.75, 3.05) is 6.54 Å². The molecule has 0 saturated heterocycles. The van der Waals surface area contributed by atoms with E-state index in [-0.39, 0.29) is 5.69 Å². The molecule has 2 aromatic rings. The van der Waals surface area contributed by atoms with E-state index in [0.717, 1.165) is 18.5 Å². The monoisotopic (exact) mass is 341 g/mol. The third kappa shape index (κ3) is 3.42. The molecular weight excluding hydrogens is 326 g/mol. The van der Waals surface area contributed by atoms with Crippen LogP contribution < -0.4 is 5.32 Å². The Bertz CT molecular complexity index is 750. The smallest absolute Gasteiger partial charge is 0.342 e. The largest absolute Gasteiger partial charge is 0.405 e. The quantitative estimate of drug-likeness (QED) is 0.872. The fourth-order valence-electron chi connectivity index (χ4n) is 2.84. The van der Waals surface area contributed by atoms with Gasteiger partial charge in [-0.1, -0.05) is 0 Å². The molecule has 0 spiro atoms. The number of alkyl halides is 3. The molecule has 4 nitrogen and oxygen atoms in total. The average molecular weight is 341 g/mol. The van der Waals surface area contributed by atoms with Gasteiger partial charge in [0.25, 0.3) is 5.91 Å². The lowest BCUT2D eigenvalue weighted by Crippen LogP contribution is -2.34. The SMILES string of the molecule is O=C(NCC(F)(F)F)c1nn(-c2ccc(F)cc2)c2c1CCCC2. The summed E-state index contributed by atoms with van der Waals surface area (Å²) in [6.07, 6.45) is -1.46. The lowest BCUT2D eigenvalue weighted by atomic mass is 9.95. The van der Waals surface area contributed by atoms with Crippen molar-refractivity contribution < 1.29 is 22.4 Å². The maximum atomic E-state index is 13.1. The van der Waals surface area contributed by atoms with E-state index in [1.807, 2.05) is 5.32 Å². The molecule has 3 rings (SSSR count). The number of carbonyl (C=O) groups is 1. The summed E-state index contributed by atoms with van der Waals surface area (Å²) in [6, 6.07) is 5.59. The second-order valence-corrected chi connectivity index (χ2v) is 5.67. The summed E-state index contributed by atoms with van der Waals surface area (Å²) in [5.74, 6) is -1.24. The van der Waals surface area contributed by atoms with Gasteiger partial charge in [0, 0.05) is 11.3 Å². The van der Waals surface area contributed by atoms with Gasteiger partial charge in [-0.05, 0) is 49.9 Å². The van der Waals surface area contributed by atoms with Gasteiger partial charge in [-0.3, -0.25) is 4.79 Å². The first-order valence-electron chi connectivity index (χ1n) is 7.57. The highest BCUT2D eigenvalue weighted by Gasteiger charge is 2.30. The zero-order chi connectivity index (χ0) is 17.3. The lowest BCUT2D eigenvalue weighted by molar-refractivity contribution is -0.123. The molecule has 0 aliphatic heterocycles. The van der Waals surface area contributed by atoms with E-state index in [0.29, 0.717) is 24.1 Å². The topological polar surface area (TPSA) is 46.9 Å². The molecule has 0 radical (unpaired) electrons. The highest BCUT2D eigenvalue weighted by Crippen LogP contribution is 2.27. The minimum Gasteiger partial charge on any atom is -0.342 e. The first-order valence-corrected chi connectivity index (χ1v) is 7.57. The van der Waals surface area contributed by atoms with Crippen molar-refractivity contribution in [1.29, 1.82) is 0 Å². The van der Waals surface area contributed by atoms with Crippen LogP contribution in [-0.2, 0) is 12.8 Å². The van der Waals surface area contributed by atoms with E-state index in [1.54, 1.807) is 0 Å². The van der Waals surface area contributed by atoms with E-state index in [9.17, 15) is 22.4 Å². The van der Waals surface area contributed by atoms with Crippen molar-refractivity contribution >= 4 is 5.91 Å². The Kier molecular flexibility index (Phi) is 4.29. The van der Waals surface area contributed by atoms with Gasteiger partial charge in [-0.2, -0.15) is 18.3 Å². The van der Waals surface area contributed by atoms with Crippen LogP contribution in [0.15, 0.2) is 24.3 Å². The zero-order valence-corrected chi connectivity index (χ0v) is 12.7. The van der Waals surface area contributed by atoms with Gasteiger partial charge in [0.15, 0.2) is 5.69 Å². The number of hydrogen-bond acceptors (Lipinski definition) is 2. The third-order valence-corrected chi connectivity index (χ3v) is 3.92. The van der Waals surface area contributed by atoms with Crippen LogP contribution in [0.1, 0.15) is 34.6 Å². The number of nitrogens with one attached hydrogen (secondary N) is 1.